The number of hydrogen-bond acceptors (Lipinski definition) is 1. The molecule has 12 aromatic carbocycles. The fraction of sp³-hybridized carbons (Fsp3) is 0.273. The van der Waals surface area contributed by atoms with Crippen LogP contribution in [0.2, 0.25) is 13.3 Å². The molecule has 110 heavy (non-hydrogen) atoms. The Kier molecular flexibility index (Phi) is 26.6. The van der Waals surface area contributed by atoms with Crippen LogP contribution < -0.4 is 8.88 Å². The van der Waals surface area contributed by atoms with Gasteiger partial charge in [-0.3, -0.25) is 5.16 Å². The Balaban J connectivity index is 0.000000135. The van der Waals surface area contributed by atoms with Crippen molar-refractivity contribution in [1.29, 1.82) is 5.16 Å². The van der Waals surface area contributed by atoms with Crippen LogP contribution in [0, 0.1) is 113 Å². The number of benzene rings is 12. The average molecular weight is 1880 g/mol. The smallest absolute Gasteiger partial charge is 0.0541 e. The first-order valence-electron chi connectivity index (χ1n) is 39.2. The molecule has 0 aliphatic carbocycles. The second-order valence-electron chi connectivity index (χ2n) is 31.3. The van der Waals surface area contributed by atoms with E-state index in [1.54, 1.807) is 11.1 Å². The van der Waals surface area contributed by atoms with Crippen molar-refractivity contribution in [1.82, 2.24) is 18.7 Å². The minimum absolute atomic E-state index is 0.573. The van der Waals surface area contributed by atoms with Crippen molar-refractivity contribution < 1.29 is 0 Å². The van der Waals surface area contributed by atoms with Crippen molar-refractivity contribution in [2.75, 3.05) is 0 Å². The van der Waals surface area contributed by atoms with Crippen LogP contribution in [-0.4, -0.2) is 37.1 Å². The van der Waals surface area contributed by atoms with Gasteiger partial charge in [-0.25, -0.2) is 0 Å². The molecule has 0 radical (unpaired) electrons. The Morgan fingerprint density at radius 1 is 0.318 bits per heavy atom. The molecule has 16 aromatic rings. The molecule has 4 aromatic heterocycles. The summed E-state index contributed by atoms with van der Waals surface area (Å²) in [5, 5.41) is 18.9. The molecule has 0 amide bonds. The van der Waals surface area contributed by atoms with Crippen molar-refractivity contribution in [3.63, 3.8) is 0 Å². The number of fused-ring (bicyclic) bond motifs is 12. The number of nitrogens with zero attached hydrogens (tertiary/aromatic N) is 3. The summed E-state index contributed by atoms with van der Waals surface area (Å²) in [6.45, 7) is 40.0. The minimum atomic E-state index is -2.52. The Hall–Kier alpha value is -7.09. The average Bonchev–Trinajstić information content (AvgIpc) is 1.57. The Morgan fingerprint density at radius 3 is 0.845 bits per heavy atom. The standard InChI is InChI=1S/2C22H20BrN.C22H20N.C13H11N2P.C8H8BrI.3C4H9.Sn/c2*1-13-5-7-20-18(9-13)19-10-14(2)6-8-21(19)24(20)17-11-15(3)22(23)16(4)12-17;1-14-5-7-21-19(12-14)20-13-15(2)6-8-22(20)23(21)18-10-16(3)9-17(4)11-18;1-8-2-4-12-10(6-8)11-7-9(16-14)3-5-13(11)15-12;1-5-3-7(10)4-6(2)8(5)9;3*1-3-4-2;/h2*5-12H,1-4H3;5-8,10-13H,1-4H3;2-7,14-15H,1H3;3-4H,1-2H3;3*1,3-4H2,2H3;. The van der Waals surface area contributed by atoms with Crippen molar-refractivity contribution in [3.05, 3.63) is 295 Å². The maximum Gasteiger partial charge on any atom is 0.0541 e. The third kappa shape index (κ3) is 17.5. The quantitative estimate of drug-likeness (QED) is 0.0619. The van der Waals surface area contributed by atoms with Gasteiger partial charge in [0.2, 0.25) is 0 Å². The summed E-state index contributed by atoms with van der Waals surface area (Å²) < 4.78 is 18.7. The van der Waals surface area contributed by atoms with Crippen LogP contribution in [0.1, 0.15) is 143 Å². The van der Waals surface area contributed by atoms with Gasteiger partial charge in [-0.2, -0.15) is 0 Å². The Bertz CT molecular complexity index is 5690. The van der Waals surface area contributed by atoms with Gasteiger partial charge in [-0.1, -0.05) is 106 Å². The number of hydrogen-bond donors (Lipinski definition) is 2. The maximum atomic E-state index is 7.38. The predicted octanol–water partition coefficient (Wildman–Crippen LogP) is 31.3. The molecule has 0 atom stereocenters. The minimum Gasteiger partial charge on any atom is -0.355 e. The van der Waals surface area contributed by atoms with Gasteiger partial charge >= 0.3 is 225 Å². The van der Waals surface area contributed by atoms with Gasteiger partial charge < -0.3 is 14.1 Å². The maximum absolute atomic E-state index is 7.38. The van der Waals surface area contributed by atoms with Crippen LogP contribution in [0.5, 0.6) is 0 Å². The fourth-order valence-corrected chi connectivity index (χ4v) is 37.1. The number of rotatable bonds is 14. The molecule has 0 aliphatic heterocycles. The van der Waals surface area contributed by atoms with E-state index in [0.717, 1.165) is 10.8 Å². The zero-order valence-electron chi connectivity index (χ0n) is 67.6. The normalized spacial score (nSPS) is 11.6. The van der Waals surface area contributed by atoms with Gasteiger partial charge in [0.05, 0.1) is 22.1 Å². The van der Waals surface area contributed by atoms with Gasteiger partial charge in [0, 0.05) is 85.4 Å². The number of H-pyrrole nitrogens is 1. The van der Waals surface area contributed by atoms with Crippen LogP contribution in [0.4, 0.5) is 0 Å². The summed E-state index contributed by atoms with van der Waals surface area (Å²) in [7, 11) is 0.573. The number of aryl methyl sites for hydroxylation is 15. The van der Waals surface area contributed by atoms with E-state index in [9.17, 15) is 0 Å². The van der Waals surface area contributed by atoms with Gasteiger partial charge in [-0.15, -0.1) is 0 Å². The molecule has 16 rings (SSSR count). The van der Waals surface area contributed by atoms with Crippen LogP contribution in [-0.2, 0) is 0 Å². The number of aromatic nitrogens is 4. The van der Waals surface area contributed by atoms with E-state index in [1.165, 1.54) is 240 Å². The molecule has 11 heteroatoms. The van der Waals surface area contributed by atoms with E-state index in [-0.39, 0.29) is 0 Å². The Morgan fingerprint density at radius 2 is 0.564 bits per heavy atom. The molecule has 5 nitrogen and oxygen atoms in total. The predicted molar refractivity (Wildman–Crippen MR) is 505 cm³/mol. The second kappa shape index (κ2) is 35.5. The summed E-state index contributed by atoms with van der Waals surface area (Å²) in [6.07, 6.45) is 8.22. The zero-order valence-corrected chi connectivity index (χ0v) is 78.3. The summed E-state index contributed by atoms with van der Waals surface area (Å²) in [4.78, 5) is 3.39. The van der Waals surface area contributed by atoms with Crippen LogP contribution >= 0.6 is 78.8 Å². The largest absolute Gasteiger partial charge is 0.355 e. The second-order valence-corrected chi connectivity index (χ2v) is 48.7. The molecule has 0 unspecified atom stereocenters. The molecule has 564 valence electrons. The molecule has 4 heterocycles. The van der Waals surface area contributed by atoms with E-state index in [2.05, 4.69) is 402 Å². The summed E-state index contributed by atoms with van der Waals surface area (Å²) in [5.74, 6) is 0. The zero-order chi connectivity index (χ0) is 78.7. The van der Waals surface area contributed by atoms with E-state index in [0.29, 0.717) is 8.37 Å². The third-order valence-electron chi connectivity index (χ3n) is 22.2. The number of unbranched alkanes of at least 4 members (excludes halogenated alkanes) is 3. The summed E-state index contributed by atoms with van der Waals surface area (Å²) >= 11 is 10.7. The van der Waals surface area contributed by atoms with Gasteiger partial charge in [0.25, 0.3) is 0 Å². The topological polar surface area (TPSA) is 54.4 Å². The van der Waals surface area contributed by atoms with E-state index < -0.39 is 18.4 Å². The van der Waals surface area contributed by atoms with E-state index >= 15 is 0 Å². The molecule has 0 saturated heterocycles. The Labute approximate surface area is 698 Å². The molecular weight excluding hydrogens is 1780 g/mol. The molecule has 2 N–H and O–H groups in total. The van der Waals surface area contributed by atoms with Crippen LogP contribution in [0.3, 0.4) is 0 Å². The number of aromatic amines is 1. The van der Waals surface area contributed by atoms with Crippen molar-refractivity contribution in [3.8, 4) is 17.1 Å². The molecule has 0 bridgehead atoms. The first-order valence-corrected chi connectivity index (χ1v) is 51.0. The van der Waals surface area contributed by atoms with Gasteiger partial charge in [0.1, 0.15) is 0 Å². The SMILES string of the molecule is CCC[CH2][Sn]([CH2]CCC)([CH2]CCC)[c]1c(C)cc(-n2c3ccc(C)cc3c3cc(C)ccc32)cc1C.Cc1cc(I)cc(C)c1Br.Cc1ccc2[nH]c3ccc(P=N)cc3c2c1.Cc1ccc2c(c1)c1cc(C)ccc1n2-c1cc(C)c(Br)c(C)c1.Cc1ccc2c(c1)c1cc(C)ccc1n2-c1cc(C)c(Br)c(C)c1. The first kappa shape index (κ1) is 82.4. The monoisotopic (exact) mass is 1880 g/mol. The summed E-state index contributed by atoms with van der Waals surface area (Å²) in [6, 6.07) is 71.9. The van der Waals surface area contributed by atoms with E-state index in [4.69, 9.17) is 5.16 Å². The fourth-order valence-electron chi connectivity index (χ4n) is 16.9. The molecule has 0 spiro atoms. The van der Waals surface area contributed by atoms with Gasteiger partial charge in [-0.05, 0) is 247 Å². The van der Waals surface area contributed by atoms with Gasteiger partial charge in [0.15, 0.2) is 0 Å². The number of halogens is 4. The van der Waals surface area contributed by atoms with Crippen LogP contribution in [0.25, 0.3) is 104 Å². The molecule has 0 fully saturated rings. The molecule has 0 aliphatic rings. The van der Waals surface area contributed by atoms with E-state index in [1.807, 2.05) is 9.65 Å². The van der Waals surface area contributed by atoms with Crippen molar-refractivity contribution in [2.45, 2.75) is 176 Å². The summed E-state index contributed by atoms with van der Waals surface area (Å²) in [5.41, 5.74) is 33.7. The van der Waals surface area contributed by atoms with Crippen molar-refractivity contribution in [2.24, 2.45) is 0 Å². The first-order chi connectivity index (χ1) is 52.6. The number of nitrogens with one attached hydrogen (secondary N) is 2. The third-order valence-corrected chi connectivity index (χ3v) is 43.6. The van der Waals surface area contributed by atoms with Crippen molar-refractivity contribution >= 4 is 193 Å². The van der Waals surface area contributed by atoms with Crippen LogP contribution in [0.15, 0.2) is 208 Å². The molecular formula is C99H106Br3IN5PSn. The molecule has 0 saturated carbocycles.